The molecule has 0 aromatic heterocycles. The normalized spacial score (nSPS) is 22.9. The quantitative estimate of drug-likeness (QED) is 0.529. The Bertz CT molecular complexity index is 423. The van der Waals surface area contributed by atoms with E-state index in [1.807, 2.05) is 0 Å². The summed E-state index contributed by atoms with van der Waals surface area (Å²) < 4.78 is 29.7. The summed E-state index contributed by atoms with van der Waals surface area (Å²) in [7, 11) is 0. The van der Waals surface area contributed by atoms with Crippen LogP contribution >= 0.6 is 0 Å². The highest BCUT2D eigenvalue weighted by atomic mass is 16.8. The summed E-state index contributed by atoms with van der Waals surface area (Å²) in [6.45, 7) is 5.47. The molecule has 0 spiro atoms. The summed E-state index contributed by atoms with van der Waals surface area (Å²) in [4.78, 5) is 34.4. The number of carbonyl (C=O) groups is 3. The molecule has 0 radical (unpaired) electrons. The molecule has 1 rings (SSSR count). The fourth-order valence-electron chi connectivity index (χ4n) is 2.27. The van der Waals surface area contributed by atoms with E-state index >= 15 is 0 Å². The summed E-state index contributed by atoms with van der Waals surface area (Å²) in [5, 5.41) is 0. The summed E-state index contributed by atoms with van der Waals surface area (Å²) in [5.41, 5.74) is 0. The first-order chi connectivity index (χ1) is 11.5. The maximum absolute atomic E-state index is 11.6. The van der Waals surface area contributed by atoms with Crippen LogP contribution in [-0.2, 0) is 28.4 Å². The van der Waals surface area contributed by atoms with Gasteiger partial charge in [0.1, 0.15) is 18.3 Å². The first-order valence-electron chi connectivity index (χ1n) is 8.00. The van der Waals surface area contributed by atoms with Crippen molar-refractivity contribution in [3.63, 3.8) is 0 Å². The van der Waals surface area contributed by atoms with E-state index in [0.29, 0.717) is 12.8 Å². The van der Waals surface area contributed by atoms with Crippen LogP contribution in [0, 0.1) is 0 Å². The van der Waals surface area contributed by atoms with Crippen LogP contribution in [0.3, 0.4) is 0 Å². The second kappa shape index (κ2) is 10.6. The lowest BCUT2D eigenvalue weighted by Gasteiger charge is -2.33. The minimum absolute atomic E-state index is 0.151. The summed E-state index contributed by atoms with van der Waals surface area (Å²) in [6.07, 6.45) is -3.58. The van der Waals surface area contributed by atoms with Gasteiger partial charge >= 0.3 is 18.5 Å². The molecule has 0 saturated heterocycles. The highest BCUT2D eigenvalue weighted by molar-refractivity contribution is 5.62. The topological polar surface area (TPSA) is 107 Å². The van der Waals surface area contributed by atoms with Crippen molar-refractivity contribution in [2.45, 2.75) is 58.3 Å². The third kappa shape index (κ3) is 6.93. The molecule has 9 heteroatoms. The van der Waals surface area contributed by atoms with Crippen molar-refractivity contribution in [2.24, 2.45) is 0 Å². The molecule has 0 heterocycles. The Morgan fingerprint density at radius 1 is 0.708 bits per heavy atom. The molecule has 0 aliphatic heterocycles. The Morgan fingerprint density at radius 2 is 1.17 bits per heavy atom. The molecular weight excluding hydrogens is 324 g/mol. The average molecular weight is 348 g/mol. The van der Waals surface area contributed by atoms with Crippen molar-refractivity contribution in [1.82, 2.24) is 0 Å². The third-order valence-corrected chi connectivity index (χ3v) is 3.23. The summed E-state index contributed by atoms with van der Waals surface area (Å²) in [5.74, 6) is 0. The largest absolute Gasteiger partial charge is 0.508 e. The van der Waals surface area contributed by atoms with Crippen molar-refractivity contribution in [2.75, 3.05) is 19.8 Å². The zero-order chi connectivity index (χ0) is 17.9. The van der Waals surface area contributed by atoms with Gasteiger partial charge in [-0.15, -0.1) is 0 Å². The Kier molecular flexibility index (Phi) is 8.74. The lowest BCUT2D eigenvalue weighted by atomic mass is 9.92. The molecular formula is C15H24O9. The first kappa shape index (κ1) is 19.9. The Labute approximate surface area is 140 Å². The molecule has 3 unspecified atom stereocenters. The minimum atomic E-state index is -0.878. The van der Waals surface area contributed by atoms with Crippen LogP contribution < -0.4 is 0 Å². The van der Waals surface area contributed by atoms with E-state index in [4.69, 9.17) is 28.4 Å². The maximum Gasteiger partial charge on any atom is 0.508 e. The second-order valence-corrected chi connectivity index (χ2v) is 4.91. The molecule has 0 aromatic carbocycles. The smallest absolute Gasteiger partial charge is 0.435 e. The fourth-order valence-corrected chi connectivity index (χ4v) is 2.27. The van der Waals surface area contributed by atoms with E-state index in [2.05, 4.69) is 0 Å². The molecule has 3 atom stereocenters. The van der Waals surface area contributed by atoms with Gasteiger partial charge < -0.3 is 28.4 Å². The Hall–Kier alpha value is -2.19. The van der Waals surface area contributed by atoms with Crippen LogP contribution in [0.4, 0.5) is 14.4 Å². The lowest BCUT2D eigenvalue weighted by Crippen LogP contribution is -2.43. The molecule has 1 aliphatic rings. The summed E-state index contributed by atoms with van der Waals surface area (Å²) >= 11 is 0. The number of carbonyl (C=O) groups excluding carboxylic acids is 3. The molecule has 0 bridgehead atoms. The van der Waals surface area contributed by atoms with E-state index < -0.39 is 36.8 Å². The molecule has 1 aliphatic carbocycles. The highest BCUT2D eigenvalue weighted by Crippen LogP contribution is 2.27. The van der Waals surface area contributed by atoms with Crippen molar-refractivity contribution < 1.29 is 42.8 Å². The van der Waals surface area contributed by atoms with Gasteiger partial charge in [-0.05, 0) is 33.6 Å². The number of hydrogen-bond donors (Lipinski definition) is 0. The first-order valence-corrected chi connectivity index (χ1v) is 8.00. The molecule has 0 aromatic rings. The van der Waals surface area contributed by atoms with Gasteiger partial charge in [0.05, 0.1) is 19.8 Å². The van der Waals surface area contributed by atoms with Crippen molar-refractivity contribution in [3.05, 3.63) is 0 Å². The zero-order valence-corrected chi connectivity index (χ0v) is 14.1. The van der Waals surface area contributed by atoms with Gasteiger partial charge in [-0.25, -0.2) is 14.4 Å². The molecule has 9 nitrogen and oxygen atoms in total. The molecule has 1 fully saturated rings. The average Bonchev–Trinajstić information content (AvgIpc) is 2.50. The third-order valence-electron chi connectivity index (χ3n) is 3.23. The minimum Gasteiger partial charge on any atom is -0.435 e. The van der Waals surface area contributed by atoms with Crippen LogP contribution in [0.5, 0.6) is 0 Å². The highest BCUT2D eigenvalue weighted by Gasteiger charge is 2.38. The SMILES string of the molecule is CCOC(=O)OC1CCC(OC(=O)OCC)C(OC(=O)OCC)C1. The number of rotatable bonds is 6. The number of hydrogen-bond acceptors (Lipinski definition) is 9. The van der Waals surface area contributed by atoms with Crippen LogP contribution in [-0.4, -0.2) is 56.6 Å². The van der Waals surface area contributed by atoms with Gasteiger partial charge in [-0.2, -0.15) is 0 Å². The monoisotopic (exact) mass is 348 g/mol. The van der Waals surface area contributed by atoms with E-state index in [1.165, 1.54) is 0 Å². The van der Waals surface area contributed by atoms with Crippen LogP contribution in [0.25, 0.3) is 0 Å². The van der Waals surface area contributed by atoms with Crippen molar-refractivity contribution >= 4 is 18.5 Å². The van der Waals surface area contributed by atoms with Crippen LogP contribution in [0.1, 0.15) is 40.0 Å². The van der Waals surface area contributed by atoms with Crippen molar-refractivity contribution in [1.29, 1.82) is 0 Å². The van der Waals surface area contributed by atoms with E-state index in [9.17, 15) is 14.4 Å². The van der Waals surface area contributed by atoms with Gasteiger partial charge in [-0.1, -0.05) is 0 Å². The van der Waals surface area contributed by atoms with Gasteiger partial charge in [-0.3, -0.25) is 0 Å². The van der Waals surface area contributed by atoms with Crippen LogP contribution in [0.2, 0.25) is 0 Å². The van der Waals surface area contributed by atoms with Crippen molar-refractivity contribution in [3.8, 4) is 0 Å². The maximum atomic E-state index is 11.6. The van der Waals surface area contributed by atoms with E-state index in [1.54, 1.807) is 20.8 Å². The Morgan fingerprint density at radius 3 is 1.67 bits per heavy atom. The van der Waals surface area contributed by atoms with Gasteiger partial charge in [0.2, 0.25) is 0 Å². The molecule has 0 amide bonds. The van der Waals surface area contributed by atoms with Crippen LogP contribution in [0.15, 0.2) is 0 Å². The molecule has 0 N–H and O–H groups in total. The molecule has 138 valence electrons. The standard InChI is InChI=1S/C15H24O9/c1-4-19-13(16)22-10-7-8-11(23-14(17)20-5-2)12(9-10)24-15(18)21-6-3/h10-12H,4-9H2,1-3H3. The zero-order valence-electron chi connectivity index (χ0n) is 14.1. The van der Waals surface area contributed by atoms with E-state index in [0.717, 1.165) is 0 Å². The number of ether oxygens (including phenoxy) is 6. The Balaban J connectivity index is 2.65. The lowest BCUT2D eigenvalue weighted by molar-refractivity contribution is -0.0971. The molecule has 1 saturated carbocycles. The molecule has 24 heavy (non-hydrogen) atoms. The predicted octanol–water partition coefficient (Wildman–Crippen LogP) is 2.80. The van der Waals surface area contributed by atoms with Gasteiger partial charge in [0.15, 0.2) is 0 Å². The van der Waals surface area contributed by atoms with E-state index in [-0.39, 0.29) is 26.2 Å². The second-order valence-electron chi connectivity index (χ2n) is 4.91. The summed E-state index contributed by atoms with van der Waals surface area (Å²) in [6, 6.07) is 0. The predicted molar refractivity (Wildman–Crippen MR) is 79.5 cm³/mol. The van der Waals surface area contributed by atoms with Gasteiger partial charge in [0, 0.05) is 6.42 Å². The van der Waals surface area contributed by atoms with Gasteiger partial charge in [0.25, 0.3) is 0 Å². The fraction of sp³-hybridized carbons (Fsp3) is 0.800.